The van der Waals surface area contributed by atoms with Gasteiger partial charge in [0, 0.05) is 31.8 Å². The lowest BCUT2D eigenvalue weighted by molar-refractivity contribution is 0.0979. The van der Waals surface area contributed by atoms with E-state index in [1.165, 1.54) is 35.6 Å². The van der Waals surface area contributed by atoms with Crippen LogP contribution < -0.4 is 5.32 Å². The molecule has 0 unspecified atom stereocenters. The van der Waals surface area contributed by atoms with E-state index in [2.05, 4.69) is 10.5 Å². The Morgan fingerprint density at radius 3 is 2.65 bits per heavy atom. The van der Waals surface area contributed by atoms with Crippen LogP contribution in [0.1, 0.15) is 29.0 Å². The number of anilines is 1. The van der Waals surface area contributed by atoms with Crippen molar-refractivity contribution < 1.29 is 22.5 Å². The van der Waals surface area contributed by atoms with E-state index in [0.717, 1.165) is 12.8 Å². The van der Waals surface area contributed by atoms with Gasteiger partial charge >= 0.3 is 0 Å². The molecular formula is C17H21N3O5S. The Kier molecular flexibility index (Phi) is 5.40. The van der Waals surface area contributed by atoms with Crippen molar-refractivity contribution in [1.29, 1.82) is 0 Å². The zero-order chi connectivity index (χ0) is 18.7. The van der Waals surface area contributed by atoms with Gasteiger partial charge in [0.2, 0.25) is 10.0 Å². The van der Waals surface area contributed by atoms with Crippen molar-refractivity contribution in [2.24, 2.45) is 0 Å². The average molecular weight is 379 g/mol. The van der Waals surface area contributed by atoms with Crippen molar-refractivity contribution in [2.45, 2.75) is 30.8 Å². The van der Waals surface area contributed by atoms with Gasteiger partial charge in [-0.3, -0.25) is 4.79 Å². The molecule has 1 aromatic carbocycles. The van der Waals surface area contributed by atoms with Crippen LogP contribution in [-0.4, -0.2) is 50.1 Å². The lowest BCUT2D eigenvalue weighted by Gasteiger charge is -2.20. The number of ether oxygens (including phenoxy) is 1. The first-order chi connectivity index (χ1) is 12.4. The standard InChI is InChI=1S/C17H21N3O5S/c1-12-10-16(19-25-12)18-17(21)13-5-7-15(8-6-13)26(22,23)20(2)11-14-4-3-9-24-14/h5-8,10,14H,3-4,9,11H2,1-2H3,(H,18,19,21)/t14-/m1/s1. The van der Waals surface area contributed by atoms with Gasteiger partial charge in [-0.15, -0.1) is 0 Å². The van der Waals surface area contributed by atoms with Gasteiger partial charge in [0.15, 0.2) is 5.82 Å². The summed E-state index contributed by atoms with van der Waals surface area (Å²) in [6.07, 6.45) is 1.75. The van der Waals surface area contributed by atoms with Crippen LogP contribution in [0.25, 0.3) is 0 Å². The summed E-state index contributed by atoms with van der Waals surface area (Å²) < 4.78 is 36.9. The number of rotatable bonds is 6. The molecule has 140 valence electrons. The number of sulfonamides is 1. The summed E-state index contributed by atoms with van der Waals surface area (Å²) in [5.41, 5.74) is 0.325. The van der Waals surface area contributed by atoms with Gasteiger partial charge in [-0.25, -0.2) is 8.42 Å². The van der Waals surface area contributed by atoms with E-state index in [4.69, 9.17) is 9.26 Å². The number of aryl methyl sites for hydroxylation is 1. The quantitative estimate of drug-likeness (QED) is 0.824. The molecule has 0 bridgehead atoms. The number of carbonyl (C=O) groups excluding carboxylic acids is 1. The summed E-state index contributed by atoms with van der Waals surface area (Å²) in [6, 6.07) is 7.37. The predicted octanol–water partition coefficient (Wildman–Crippen LogP) is 2.03. The minimum Gasteiger partial charge on any atom is -0.377 e. The molecule has 1 aromatic heterocycles. The first-order valence-electron chi connectivity index (χ1n) is 8.29. The van der Waals surface area contributed by atoms with Crippen molar-refractivity contribution >= 4 is 21.7 Å². The van der Waals surface area contributed by atoms with Gasteiger partial charge in [-0.2, -0.15) is 4.31 Å². The molecule has 3 rings (SSSR count). The number of likely N-dealkylation sites (N-methyl/N-ethyl adjacent to an activating group) is 1. The normalized spacial score (nSPS) is 17.6. The Bertz CT molecular complexity index is 870. The Morgan fingerprint density at radius 2 is 2.08 bits per heavy atom. The van der Waals surface area contributed by atoms with E-state index in [1.54, 1.807) is 13.0 Å². The number of amides is 1. The van der Waals surface area contributed by atoms with Crippen LogP contribution in [-0.2, 0) is 14.8 Å². The van der Waals surface area contributed by atoms with Crippen molar-refractivity contribution in [1.82, 2.24) is 9.46 Å². The number of hydrogen-bond acceptors (Lipinski definition) is 6. The fourth-order valence-electron chi connectivity index (χ4n) is 2.75. The number of hydrogen-bond donors (Lipinski definition) is 1. The fraction of sp³-hybridized carbons (Fsp3) is 0.412. The first kappa shape index (κ1) is 18.6. The van der Waals surface area contributed by atoms with Crippen LogP contribution >= 0.6 is 0 Å². The summed E-state index contributed by atoms with van der Waals surface area (Å²) in [5.74, 6) is 0.492. The van der Waals surface area contributed by atoms with E-state index >= 15 is 0 Å². The maximum absolute atomic E-state index is 12.6. The molecule has 0 saturated carbocycles. The second-order valence-corrected chi connectivity index (χ2v) is 8.27. The molecule has 2 aromatic rings. The van der Waals surface area contributed by atoms with Crippen molar-refractivity contribution in [3.63, 3.8) is 0 Å². The van der Waals surface area contributed by atoms with Gasteiger partial charge in [0.1, 0.15) is 5.76 Å². The number of aromatic nitrogens is 1. The highest BCUT2D eigenvalue weighted by Gasteiger charge is 2.26. The molecule has 0 spiro atoms. The largest absolute Gasteiger partial charge is 0.377 e. The molecule has 1 N–H and O–H groups in total. The lowest BCUT2D eigenvalue weighted by Crippen LogP contribution is -2.34. The Labute approximate surface area is 152 Å². The van der Waals surface area contributed by atoms with Gasteiger partial charge in [-0.1, -0.05) is 5.16 Å². The highest BCUT2D eigenvalue weighted by atomic mass is 32.2. The molecular weight excluding hydrogens is 358 g/mol. The molecule has 8 nitrogen and oxygen atoms in total. The smallest absolute Gasteiger partial charge is 0.256 e. The van der Waals surface area contributed by atoms with Gasteiger partial charge < -0.3 is 14.6 Å². The number of benzene rings is 1. The number of nitrogens with one attached hydrogen (secondary N) is 1. The summed E-state index contributed by atoms with van der Waals surface area (Å²) in [5, 5.41) is 6.28. The highest BCUT2D eigenvalue weighted by Crippen LogP contribution is 2.19. The Balaban J connectivity index is 1.68. The summed E-state index contributed by atoms with van der Waals surface area (Å²) in [7, 11) is -2.10. The number of carbonyl (C=O) groups is 1. The second kappa shape index (κ2) is 7.56. The first-order valence-corrected chi connectivity index (χ1v) is 9.73. The maximum atomic E-state index is 12.6. The van der Waals surface area contributed by atoms with Gasteiger partial charge in [-0.05, 0) is 44.0 Å². The van der Waals surface area contributed by atoms with Crippen LogP contribution in [0.2, 0.25) is 0 Å². The van der Waals surface area contributed by atoms with Crippen LogP contribution in [0.4, 0.5) is 5.82 Å². The van der Waals surface area contributed by atoms with Crippen molar-refractivity contribution in [3.05, 3.63) is 41.7 Å². The molecule has 1 aliphatic heterocycles. The summed E-state index contributed by atoms with van der Waals surface area (Å²) >= 11 is 0. The van der Waals surface area contributed by atoms with E-state index in [1.807, 2.05) is 0 Å². The minimum atomic E-state index is -3.63. The molecule has 0 radical (unpaired) electrons. The van der Waals surface area contributed by atoms with Crippen LogP contribution in [0.5, 0.6) is 0 Å². The second-order valence-electron chi connectivity index (χ2n) is 6.22. The molecule has 1 atom stereocenters. The summed E-state index contributed by atoms with van der Waals surface area (Å²) in [4.78, 5) is 12.3. The lowest BCUT2D eigenvalue weighted by atomic mass is 10.2. The molecule has 26 heavy (non-hydrogen) atoms. The molecule has 1 amide bonds. The zero-order valence-electron chi connectivity index (χ0n) is 14.6. The molecule has 1 aliphatic rings. The average Bonchev–Trinajstić information content (AvgIpc) is 3.26. The van der Waals surface area contributed by atoms with Crippen LogP contribution in [0, 0.1) is 6.92 Å². The Hall–Kier alpha value is -2.23. The van der Waals surface area contributed by atoms with E-state index < -0.39 is 15.9 Å². The topological polar surface area (TPSA) is 102 Å². The monoisotopic (exact) mass is 379 g/mol. The van der Waals surface area contributed by atoms with Gasteiger partial charge in [0.25, 0.3) is 5.91 Å². The molecule has 2 heterocycles. The van der Waals surface area contributed by atoms with Crippen molar-refractivity contribution in [3.8, 4) is 0 Å². The maximum Gasteiger partial charge on any atom is 0.256 e. The zero-order valence-corrected chi connectivity index (χ0v) is 15.5. The molecule has 9 heteroatoms. The van der Waals surface area contributed by atoms with Crippen LogP contribution in [0.3, 0.4) is 0 Å². The summed E-state index contributed by atoms with van der Waals surface area (Å²) in [6.45, 7) is 2.71. The van der Waals surface area contributed by atoms with Crippen molar-refractivity contribution in [2.75, 3.05) is 25.5 Å². The highest BCUT2D eigenvalue weighted by molar-refractivity contribution is 7.89. The predicted molar refractivity (Wildman–Crippen MR) is 94.4 cm³/mol. The Morgan fingerprint density at radius 1 is 1.35 bits per heavy atom. The number of nitrogens with zero attached hydrogens (tertiary/aromatic N) is 2. The minimum absolute atomic E-state index is 0.0641. The third-order valence-electron chi connectivity index (χ3n) is 4.18. The SMILES string of the molecule is Cc1cc(NC(=O)c2ccc(S(=O)(=O)N(C)C[C@H]3CCCO3)cc2)no1. The third kappa shape index (κ3) is 4.12. The molecule has 1 saturated heterocycles. The molecule has 0 aliphatic carbocycles. The van der Waals surface area contributed by atoms with Gasteiger partial charge in [0.05, 0.1) is 11.0 Å². The van der Waals surface area contributed by atoms with E-state index in [9.17, 15) is 13.2 Å². The third-order valence-corrected chi connectivity index (χ3v) is 6.02. The van der Waals surface area contributed by atoms with E-state index in [-0.39, 0.29) is 11.0 Å². The van der Waals surface area contributed by atoms with Crippen LogP contribution in [0.15, 0.2) is 39.8 Å². The fourth-order valence-corrected chi connectivity index (χ4v) is 3.95. The van der Waals surface area contributed by atoms with E-state index in [0.29, 0.717) is 30.3 Å². The molecule has 1 fully saturated rings.